The Balaban J connectivity index is 1.79. The van der Waals surface area contributed by atoms with Crippen LogP contribution in [-0.2, 0) is 14.3 Å². The van der Waals surface area contributed by atoms with Gasteiger partial charge in [0, 0.05) is 29.3 Å². The van der Waals surface area contributed by atoms with Gasteiger partial charge in [-0.05, 0) is 30.7 Å². The predicted octanol–water partition coefficient (Wildman–Crippen LogP) is 4.43. The molecule has 3 unspecified atom stereocenters. The first-order valence-electron chi connectivity index (χ1n) is 12.2. The van der Waals surface area contributed by atoms with Gasteiger partial charge >= 0.3 is 11.9 Å². The second-order valence-corrected chi connectivity index (χ2v) is 9.26. The van der Waals surface area contributed by atoms with Crippen molar-refractivity contribution in [3.8, 4) is 17.2 Å². The van der Waals surface area contributed by atoms with E-state index in [9.17, 15) is 20.0 Å². The zero-order valence-electron chi connectivity index (χ0n) is 21.8. The molecule has 2 aliphatic heterocycles. The zero-order chi connectivity index (χ0) is 27.8. The fourth-order valence-corrected chi connectivity index (χ4v) is 5.22. The lowest BCUT2D eigenvalue weighted by atomic mass is 9.77. The van der Waals surface area contributed by atoms with Crippen molar-refractivity contribution in [3.05, 3.63) is 88.6 Å². The van der Waals surface area contributed by atoms with Crippen molar-refractivity contribution in [1.82, 2.24) is 0 Å². The minimum atomic E-state index is -1.14. The van der Waals surface area contributed by atoms with Crippen LogP contribution in [0.2, 0.25) is 0 Å². The fourth-order valence-electron chi connectivity index (χ4n) is 5.22. The Hall–Kier alpha value is -4.54. The first kappa shape index (κ1) is 26.1. The van der Waals surface area contributed by atoms with Gasteiger partial charge in [0.2, 0.25) is 0 Å². The van der Waals surface area contributed by atoms with Crippen LogP contribution in [0.4, 0.5) is 11.4 Å². The highest BCUT2D eigenvalue weighted by molar-refractivity contribution is 6.06. The molecule has 202 valence electrons. The first-order valence-corrected chi connectivity index (χ1v) is 12.2. The van der Waals surface area contributed by atoms with Gasteiger partial charge in [0.1, 0.15) is 23.3 Å². The zero-order valence-corrected chi connectivity index (χ0v) is 21.8. The molecule has 1 saturated heterocycles. The summed E-state index contributed by atoms with van der Waals surface area (Å²) in [4.78, 5) is 28.1. The van der Waals surface area contributed by atoms with E-state index in [1.807, 2.05) is 37.3 Å². The van der Waals surface area contributed by atoms with E-state index >= 15 is 0 Å². The molecule has 2 heterocycles. The fraction of sp³-hybridized carbons (Fsp3) is 0.241. The maximum absolute atomic E-state index is 13.3. The third-order valence-corrected chi connectivity index (χ3v) is 7.11. The normalized spacial score (nSPS) is 20.2. The SMILES string of the molecule is COc1ccc(C2C=C(c3ccc(C)cc3)N(c3ccc(OC)cc3N([O-])O)C3C(=O)OC(=O)C23)c(OC)c1. The molecule has 0 radical (unpaired) electrons. The topological polar surface area (TPSA) is 121 Å². The summed E-state index contributed by atoms with van der Waals surface area (Å²) in [5.41, 5.74) is 2.97. The van der Waals surface area contributed by atoms with Gasteiger partial charge in [-0.25, -0.2) is 4.79 Å². The lowest BCUT2D eigenvalue weighted by molar-refractivity contribution is -0.153. The maximum Gasteiger partial charge on any atom is 0.337 e. The Kier molecular flexibility index (Phi) is 6.90. The van der Waals surface area contributed by atoms with Gasteiger partial charge in [-0.15, -0.1) is 0 Å². The summed E-state index contributed by atoms with van der Waals surface area (Å²) in [6.45, 7) is 1.95. The number of benzene rings is 3. The van der Waals surface area contributed by atoms with E-state index in [2.05, 4.69) is 0 Å². The van der Waals surface area contributed by atoms with Crippen molar-refractivity contribution in [2.75, 3.05) is 31.5 Å². The van der Waals surface area contributed by atoms with Gasteiger partial charge in [-0.3, -0.25) is 10.0 Å². The van der Waals surface area contributed by atoms with Crippen LogP contribution in [0.25, 0.3) is 5.70 Å². The summed E-state index contributed by atoms with van der Waals surface area (Å²) < 4.78 is 21.4. The molecule has 2 aliphatic rings. The molecule has 0 amide bonds. The van der Waals surface area contributed by atoms with Gasteiger partial charge in [-0.2, -0.15) is 0 Å². The number of anilines is 2. The number of fused-ring (bicyclic) bond motifs is 1. The van der Waals surface area contributed by atoms with Crippen LogP contribution in [0, 0.1) is 18.0 Å². The lowest BCUT2D eigenvalue weighted by Crippen LogP contribution is -2.47. The number of aryl methyl sites for hydroxylation is 1. The van der Waals surface area contributed by atoms with Crippen molar-refractivity contribution in [2.24, 2.45) is 5.92 Å². The van der Waals surface area contributed by atoms with Crippen LogP contribution in [0.15, 0.2) is 66.7 Å². The molecule has 0 bridgehead atoms. The minimum Gasteiger partial charge on any atom is -0.733 e. The van der Waals surface area contributed by atoms with E-state index in [1.54, 1.807) is 35.2 Å². The number of ether oxygens (including phenoxy) is 4. The Morgan fingerprint density at radius 2 is 1.56 bits per heavy atom. The number of carbonyl (C=O) groups excluding carboxylic acids is 2. The summed E-state index contributed by atoms with van der Waals surface area (Å²) in [5.74, 6) is -1.69. The molecule has 3 aromatic rings. The first-order chi connectivity index (χ1) is 18.8. The monoisotopic (exact) mass is 531 g/mol. The number of nitrogens with zero attached hydrogens (tertiary/aromatic N) is 2. The molecule has 1 fully saturated rings. The molecule has 0 saturated carbocycles. The van der Waals surface area contributed by atoms with E-state index in [0.717, 1.165) is 11.1 Å². The summed E-state index contributed by atoms with van der Waals surface area (Å²) >= 11 is 0. The average Bonchev–Trinajstić information content (AvgIpc) is 3.25. The van der Waals surface area contributed by atoms with Crippen molar-refractivity contribution in [1.29, 1.82) is 0 Å². The molecule has 1 N–H and O–H groups in total. The molecule has 10 nitrogen and oxygen atoms in total. The molecule has 5 rings (SSSR count). The van der Waals surface area contributed by atoms with Crippen LogP contribution < -0.4 is 24.3 Å². The van der Waals surface area contributed by atoms with Gasteiger partial charge in [-0.1, -0.05) is 42.0 Å². The van der Waals surface area contributed by atoms with Gasteiger partial charge in [0.05, 0.1) is 38.6 Å². The van der Waals surface area contributed by atoms with E-state index in [-0.39, 0.29) is 16.6 Å². The molecule has 0 aliphatic carbocycles. The van der Waals surface area contributed by atoms with Crippen molar-refractivity contribution in [2.45, 2.75) is 18.9 Å². The number of methoxy groups -OCH3 is 3. The Bertz CT molecular complexity index is 1450. The summed E-state index contributed by atoms with van der Waals surface area (Å²) in [5, 5.41) is 22.0. The van der Waals surface area contributed by atoms with E-state index in [1.165, 1.54) is 27.4 Å². The van der Waals surface area contributed by atoms with E-state index in [0.29, 0.717) is 28.5 Å². The van der Waals surface area contributed by atoms with Crippen molar-refractivity contribution < 1.29 is 33.7 Å². The quantitative estimate of drug-likeness (QED) is 0.266. The van der Waals surface area contributed by atoms with Crippen molar-refractivity contribution >= 4 is 29.0 Å². The number of carbonyl (C=O) groups is 2. The molecule has 3 atom stereocenters. The lowest BCUT2D eigenvalue weighted by Gasteiger charge is -2.42. The molecule has 0 aromatic heterocycles. The largest absolute Gasteiger partial charge is 0.733 e. The number of hydrogen-bond donors (Lipinski definition) is 1. The van der Waals surface area contributed by atoms with Crippen LogP contribution in [-0.4, -0.2) is 44.5 Å². The number of hydrogen-bond acceptors (Lipinski definition) is 10. The summed E-state index contributed by atoms with van der Waals surface area (Å²) in [7, 11) is 4.49. The van der Waals surface area contributed by atoms with Gasteiger partial charge in [0.25, 0.3) is 0 Å². The van der Waals surface area contributed by atoms with E-state index < -0.39 is 29.8 Å². The van der Waals surface area contributed by atoms with E-state index in [4.69, 9.17) is 18.9 Å². The number of allylic oxidation sites excluding steroid dienone is 1. The summed E-state index contributed by atoms with van der Waals surface area (Å²) in [6.07, 6.45) is 1.86. The smallest absolute Gasteiger partial charge is 0.337 e. The second-order valence-electron chi connectivity index (χ2n) is 9.26. The van der Waals surface area contributed by atoms with Crippen LogP contribution in [0.5, 0.6) is 17.2 Å². The standard InChI is InChI=1S/C29H27N2O8/c1-16-5-7-17(8-6-16)23-15-21(20-11-9-19(37-3)14-25(20)38-4)26-27(29(33)39-28(26)32)30(23)22-12-10-18(36-2)13-24(22)31(34)35/h5-15,21,26-27,34H,1-4H3/q-1. The highest BCUT2D eigenvalue weighted by atomic mass is 16.8. The van der Waals surface area contributed by atoms with Crippen LogP contribution in [0.1, 0.15) is 22.6 Å². The second kappa shape index (κ2) is 10.3. The van der Waals surface area contributed by atoms with Gasteiger partial charge < -0.3 is 34.3 Å². The summed E-state index contributed by atoms with van der Waals surface area (Å²) in [6, 6.07) is 16.2. The molecule has 39 heavy (non-hydrogen) atoms. The van der Waals surface area contributed by atoms with Gasteiger partial charge in [0.15, 0.2) is 0 Å². The predicted molar refractivity (Wildman–Crippen MR) is 143 cm³/mol. The third kappa shape index (κ3) is 4.53. The molecule has 0 spiro atoms. The number of cyclic esters (lactones) is 2. The molecule has 3 aromatic carbocycles. The Labute approximate surface area is 225 Å². The Morgan fingerprint density at radius 3 is 2.21 bits per heavy atom. The highest BCUT2D eigenvalue weighted by Gasteiger charge is 2.55. The minimum absolute atomic E-state index is 0.168. The molecule has 10 heteroatoms. The van der Waals surface area contributed by atoms with Crippen LogP contribution in [0.3, 0.4) is 0 Å². The third-order valence-electron chi connectivity index (χ3n) is 7.11. The Morgan fingerprint density at radius 1 is 0.897 bits per heavy atom. The molecular formula is C29H27N2O8-. The molecular weight excluding hydrogens is 504 g/mol. The van der Waals surface area contributed by atoms with Crippen LogP contribution >= 0.6 is 0 Å². The van der Waals surface area contributed by atoms with Crippen molar-refractivity contribution in [3.63, 3.8) is 0 Å². The average molecular weight is 532 g/mol. The number of rotatable bonds is 7. The highest BCUT2D eigenvalue weighted by Crippen LogP contribution is 2.50. The number of esters is 2. The maximum atomic E-state index is 13.3.